The minimum Gasteiger partial charge on any atom is -0.481 e. The Morgan fingerprint density at radius 2 is 2.10 bits per heavy atom. The van der Waals surface area contributed by atoms with Crippen LogP contribution in [0.3, 0.4) is 0 Å². The fourth-order valence-corrected chi connectivity index (χ4v) is 4.47. The molecule has 0 bridgehead atoms. The molecular formula is C21H27N5O3. The number of pyridine rings is 1. The van der Waals surface area contributed by atoms with Crippen LogP contribution < -0.4 is 5.32 Å². The average molecular weight is 397 g/mol. The van der Waals surface area contributed by atoms with Gasteiger partial charge in [0.2, 0.25) is 0 Å². The Kier molecular flexibility index (Phi) is 4.59. The summed E-state index contributed by atoms with van der Waals surface area (Å²) < 4.78 is 1.63. The molecule has 1 saturated heterocycles. The minimum absolute atomic E-state index is 0.0246. The average Bonchev–Trinajstić information content (AvgIpc) is 3.34. The number of carboxylic acid groups (broad SMARTS) is 1. The summed E-state index contributed by atoms with van der Waals surface area (Å²) in [7, 11) is 0. The lowest BCUT2D eigenvalue weighted by Crippen LogP contribution is -2.39. The van der Waals surface area contributed by atoms with E-state index >= 15 is 0 Å². The van der Waals surface area contributed by atoms with Crippen LogP contribution in [-0.4, -0.2) is 49.9 Å². The van der Waals surface area contributed by atoms with E-state index < -0.39 is 11.4 Å². The molecule has 8 heteroatoms. The Labute approximate surface area is 169 Å². The maximum Gasteiger partial charge on any atom is 0.323 e. The Hall–Kier alpha value is -2.90. The lowest BCUT2D eigenvalue weighted by Gasteiger charge is -2.23. The molecule has 2 amide bonds. The van der Waals surface area contributed by atoms with Crippen LogP contribution in [0.1, 0.15) is 45.7 Å². The zero-order valence-electron chi connectivity index (χ0n) is 17.1. The summed E-state index contributed by atoms with van der Waals surface area (Å²) in [5, 5.41) is 17.4. The van der Waals surface area contributed by atoms with Crippen molar-refractivity contribution in [3.8, 4) is 5.82 Å². The van der Waals surface area contributed by atoms with Gasteiger partial charge in [-0.3, -0.25) is 10.1 Å². The molecule has 2 aromatic heterocycles. The van der Waals surface area contributed by atoms with E-state index in [1.807, 2.05) is 24.3 Å². The molecule has 0 unspecified atom stereocenters. The molecule has 8 nitrogen and oxygen atoms in total. The summed E-state index contributed by atoms with van der Waals surface area (Å²) in [6.07, 6.45) is 4.08. The molecule has 154 valence electrons. The highest BCUT2D eigenvalue weighted by atomic mass is 16.4. The molecule has 0 spiro atoms. The Morgan fingerprint density at radius 3 is 2.72 bits per heavy atom. The van der Waals surface area contributed by atoms with Crippen LogP contribution in [0.15, 0.2) is 30.5 Å². The lowest BCUT2D eigenvalue weighted by atomic mass is 9.81. The van der Waals surface area contributed by atoms with Gasteiger partial charge in [0.1, 0.15) is 5.82 Å². The fourth-order valence-electron chi connectivity index (χ4n) is 4.47. The number of carboxylic acids is 1. The zero-order chi connectivity index (χ0) is 20.8. The third-order valence-corrected chi connectivity index (χ3v) is 6.16. The van der Waals surface area contributed by atoms with Crippen LogP contribution in [0.5, 0.6) is 0 Å². The third-order valence-electron chi connectivity index (χ3n) is 6.16. The van der Waals surface area contributed by atoms with E-state index in [-0.39, 0.29) is 23.9 Å². The number of hydrogen-bond acceptors (Lipinski definition) is 4. The number of carbonyl (C=O) groups is 2. The molecule has 1 aliphatic heterocycles. The summed E-state index contributed by atoms with van der Waals surface area (Å²) in [6.45, 7) is 6.90. The van der Waals surface area contributed by atoms with E-state index in [0.717, 1.165) is 18.5 Å². The fraction of sp³-hybridized carbons (Fsp3) is 0.524. The van der Waals surface area contributed by atoms with Gasteiger partial charge in [0.05, 0.1) is 11.1 Å². The molecule has 2 N–H and O–H groups in total. The number of aromatic nitrogens is 3. The number of urea groups is 1. The second-order valence-electron chi connectivity index (χ2n) is 9.13. The molecule has 1 saturated carbocycles. The number of likely N-dealkylation sites (tertiary alicyclic amines) is 1. The normalized spacial score (nSPS) is 23.8. The molecule has 4 rings (SSSR count). The van der Waals surface area contributed by atoms with Gasteiger partial charge >= 0.3 is 12.0 Å². The van der Waals surface area contributed by atoms with E-state index in [9.17, 15) is 14.7 Å². The van der Waals surface area contributed by atoms with E-state index in [2.05, 4.69) is 36.2 Å². The maximum absolute atomic E-state index is 13.0. The van der Waals surface area contributed by atoms with Gasteiger partial charge in [0.25, 0.3) is 0 Å². The Morgan fingerprint density at radius 1 is 1.31 bits per heavy atom. The molecule has 0 aromatic carbocycles. The van der Waals surface area contributed by atoms with Crippen molar-refractivity contribution >= 4 is 17.8 Å². The number of aliphatic carboxylic acids is 1. The molecule has 2 aliphatic rings. The first-order valence-corrected chi connectivity index (χ1v) is 10.0. The van der Waals surface area contributed by atoms with E-state index in [1.54, 1.807) is 15.8 Å². The van der Waals surface area contributed by atoms with Crippen LogP contribution in [-0.2, 0) is 10.2 Å². The number of nitrogens with one attached hydrogen (secondary N) is 1. The van der Waals surface area contributed by atoms with Crippen LogP contribution in [0.25, 0.3) is 5.82 Å². The summed E-state index contributed by atoms with van der Waals surface area (Å²) >= 11 is 0. The second-order valence-corrected chi connectivity index (χ2v) is 9.13. The molecular weight excluding hydrogens is 370 g/mol. The van der Waals surface area contributed by atoms with Gasteiger partial charge in [-0.05, 0) is 30.9 Å². The summed E-state index contributed by atoms with van der Waals surface area (Å²) in [5.74, 6) is 0.374. The zero-order valence-corrected chi connectivity index (χ0v) is 17.1. The first-order chi connectivity index (χ1) is 13.7. The number of fused-ring (bicyclic) bond motifs is 1. The van der Waals surface area contributed by atoms with Gasteiger partial charge < -0.3 is 10.0 Å². The summed E-state index contributed by atoms with van der Waals surface area (Å²) in [6, 6.07) is 7.08. The largest absolute Gasteiger partial charge is 0.481 e. The van der Waals surface area contributed by atoms with Crippen molar-refractivity contribution in [3.63, 3.8) is 0 Å². The number of nitrogens with zero attached hydrogens (tertiary/aromatic N) is 4. The van der Waals surface area contributed by atoms with Gasteiger partial charge in [-0.15, -0.1) is 0 Å². The molecule has 1 aliphatic carbocycles. The van der Waals surface area contributed by atoms with E-state index in [4.69, 9.17) is 0 Å². The molecule has 29 heavy (non-hydrogen) atoms. The first-order valence-electron chi connectivity index (χ1n) is 10.0. The summed E-state index contributed by atoms with van der Waals surface area (Å²) in [5.41, 5.74) is -0.161. The number of hydrogen-bond donors (Lipinski definition) is 2. The van der Waals surface area contributed by atoms with Crippen LogP contribution >= 0.6 is 0 Å². The highest BCUT2D eigenvalue weighted by molar-refractivity contribution is 5.90. The second kappa shape index (κ2) is 6.86. The topological polar surface area (TPSA) is 100 Å². The SMILES string of the molecule is CC(C)(C)c1cc(NC(=O)N2C[C@@H]3CCC[C@@]3(C(=O)O)C2)n(-c2ccccn2)n1. The minimum atomic E-state index is -0.796. The molecule has 2 fully saturated rings. The first kappa shape index (κ1) is 19.4. The van der Waals surface area contributed by atoms with Gasteiger partial charge in [-0.1, -0.05) is 33.3 Å². The highest BCUT2D eigenvalue weighted by Gasteiger charge is 2.55. The lowest BCUT2D eigenvalue weighted by molar-refractivity contribution is -0.149. The Balaban J connectivity index is 1.60. The van der Waals surface area contributed by atoms with Crippen molar-refractivity contribution in [1.82, 2.24) is 19.7 Å². The van der Waals surface area contributed by atoms with Crippen molar-refractivity contribution in [3.05, 3.63) is 36.2 Å². The van der Waals surface area contributed by atoms with Crippen LogP contribution in [0.4, 0.5) is 10.6 Å². The van der Waals surface area contributed by atoms with Gasteiger partial charge in [0.15, 0.2) is 5.82 Å². The number of carbonyl (C=O) groups excluding carboxylic acids is 1. The molecule has 2 atom stereocenters. The predicted molar refractivity (Wildman–Crippen MR) is 108 cm³/mol. The quantitative estimate of drug-likeness (QED) is 0.828. The summed E-state index contributed by atoms with van der Waals surface area (Å²) in [4.78, 5) is 30.9. The number of rotatable bonds is 3. The van der Waals surface area contributed by atoms with Gasteiger partial charge in [-0.2, -0.15) is 9.78 Å². The molecule has 0 radical (unpaired) electrons. The van der Waals surface area contributed by atoms with Crippen molar-refractivity contribution in [1.29, 1.82) is 0 Å². The Bertz CT molecular complexity index is 934. The van der Waals surface area contributed by atoms with Crippen molar-refractivity contribution in [2.45, 2.75) is 45.4 Å². The van der Waals surface area contributed by atoms with Crippen molar-refractivity contribution in [2.24, 2.45) is 11.3 Å². The smallest absolute Gasteiger partial charge is 0.323 e. The van der Waals surface area contributed by atoms with Crippen molar-refractivity contribution < 1.29 is 14.7 Å². The molecule has 2 aromatic rings. The third kappa shape index (κ3) is 3.36. The van der Waals surface area contributed by atoms with Gasteiger partial charge in [0, 0.05) is 30.8 Å². The van der Waals surface area contributed by atoms with E-state index in [0.29, 0.717) is 24.6 Å². The van der Waals surface area contributed by atoms with E-state index in [1.165, 1.54) is 0 Å². The predicted octanol–water partition coefficient (Wildman–Crippen LogP) is 3.28. The van der Waals surface area contributed by atoms with Crippen molar-refractivity contribution in [2.75, 3.05) is 18.4 Å². The molecule has 3 heterocycles. The highest BCUT2D eigenvalue weighted by Crippen LogP contribution is 2.49. The number of anilines is 1. The number of amides is 2. The van der Waals surface area contributed by atoms with Crippen LogP contribution in [0.2, 0.25) is 0 Å². The monoisotopic (exact) mass is 397 g/mol. The van der Waals surface area contributed by atoms with Crippen LogP contribution in [0, 0.1) is 11.3 Å². The van der Waals surface area contributed by atoms with Gasteiger partial charge in [-0.25, -0.2) is 9.78 Å². The maximum atomic E-state index is 13.0. The standard InChI is InChI=1S/C21H27N5O3/c1-20(2,3)15-11-17(26(24-15)16-8-4-5-10-22-16)23-19(29)25-12-14-7-6-9-21(14,13-25)18(27)28/h4-5,8,10-11,14H,6-7,9,12-13H2,1-3H3,(H,23,29)(H,27,28)/t14-,21+/m0/s1.